The second-order valence-corrected chi connectivity index (χ2v) is 10.5. The SMILES string of the molecule is CC(C)(C)OC(=O)N[C@@H](CO)[C@@H](OCc1ccccc1)[C@@H](OCc1ccccc1)[C@H](O)COCc1ccccc1. The molecule has 0 unspecified atom stereocenters. The molecule has 0 aliphatic rings. The minimum Gasteiger partial charge on any atom is -0.444 e. The lowest BCUT2D eigenvalue weighted by Gasteiger charge is -2.36. The molecular weight excluding hydrogens is 510 g/mol. The van der Waals surface area contributed by atoms with E-state index in [2.05, 4.69) is 5.32 Å². The van der Waals surface area contributed by atoms with Crippen LogP contribution in [0.1, 0.15) is 37.5 Å². The predicted molar refractivity (Wildman–Crippen MR) is 152 cm³/mol. The van der Waals surface area contributed by atoms with Crippen molar-refractivity contribution >= 4 is 6.09 Å². The van der Waals surface area contributed by atoms with E-state index < -0.39 is 42.7 Å². The topological polar surface area (TPSA) is 106 Å². The van der Waals surface area contributed by atoms with E-state index in [1.165, 1.54) is 0 Å². The molecule has 3 rings (SSSR count). The summed E-state index contributed by atoms with van der Waals surface area (Å²) in [6.07, 6.45) is -3.76. The average molecular weight is 552 g/mol. The zero-order valence-corrected chi connectivity index (χ0v) is 23.4. The van der Waals surface area contributed by atoms with Crippen LogP contribution >= 0.6 is 0 Å². The van der Waals surface area contributed by atoms with Gasteiger partial charge in [0, 0.05) is 0 Å². The number of benzene rings is 3. The van der Waals surface area contributed by atoms with Gasteiger partial charge in [-0.15, -0.1) is 0 Å². The normalized spacial score (nSPS) is 14.6. The minimum atomic E-state index is -1.14. The van der Waals surface area contributed by atoms with Gasteiger partial charge < -0.3 is 34.5 Å². The fourth-order valence-corrected chi connectivity index (χ4v) is 4.06. The molecule has 1 amide bonds. The van der Waals surface area contributed by atoms with Crippen LogP contribution in [0.2, 0.25) is 0 Å². The zero-order valence-electron chi connectivity index (χ0n) is 23.4. The fourth-order valence-electron chi connectivity index (χ4n) is 4.06. The second kappa shape index (κ2) is 16.1. The van der Waals surface area contributed by atoms with Gasteiger partial charge in [-0.3, -0.25) is 0 Å². The third-order valence-corrected chi connectivity index (χ3v) is 5.97. The van der Waals surface area contributed by atoms with Crippen molar-refractivity contribution in [2.24, 2.45) is 0 Å². The van der Waals surface area contributed by atoms with E-state index in [0.29, 0.717) is 6.61 Å². The van der Waals surface area contributed by atoms with Crippen molar-refractivity contribution in [3.63, 3.8) is 0 Å². The number of aliphatic hydroxyl groups excluding tert-OH is 2. The lowest BCUT2D eigenvalue weighted by Crippen LogP contribution is -2.56. The first-order valence-corrected chi connectivity index (χ1v) is 13.5. The molecule has 0 aliphatic carbocycles. The summed E-state index contributed by atoms with van der Waals surface area (Å²) in [7, 11) is 0. The van der Waals surface area contributed by atoms with Crippen molar-refractivity contribution in [3.05, 3.63) is 108 Å². The number of carbonyl (C=O) groups excluding carboxylic acids is 1. The number of amides is 1. The van der Waals surface area contributed by atoms with E-state index >= 15 is 0 Å². The summed E-state index contributed by atoms with van der Waals surface area (Å²) in [5.41, 5.74) is 2.01. The molecule has 0 heterocycles. The minimum absolute atomic E-state index is 0.0515. The van der Waals surface area contributed by atoms with E-state index in [1.54, 1.807) is 20.8 Å². The number of hydrogen-bond donors (Lipinski definition) is 3. The van der Waals surface area contributed by atoms with Crippen molar-refractivity contribution in [2.75, 3.05) is 13.2 Å². The Bertz CT molecular complexity index is 1110. The summed E-state index contributed by atoms with van der Waals surface area (Å²) >= 11 is 0. The monoisotopic (exact) mass is 551 g/mol. The maximum absolute atomic E-state index is 12.7. The summed E-state index contributed by atoms with van der Waals surface area (Å²) in [6.45, 7) is 5.39. The maximum atomic E-state index is 12.7. The molecule has 0 spiro atoms. The Morgan fingerprint density at radius 1 is 0.750 bits per heavy atom. The number of carbonyl (C=O) groups is 1. The lowest BCUT2D eigenvalue weighted by molar-refractivity contribution is -0.158. The highest BCUT2D eigenvalue weighted by Crippen LogP contribution is 2.20. The van der Waals surface area contributed by atoms with Crippen molar-refractivity contribution in [2.45, 2.75) is 70.5 Å². The van der Waals surface area contributed by atoms with Crippen molar-refractivity contribution in [1.29, 1.82) is 0 Å². The Kier molecular flexibility index (Phi) is 12.6. The molecular formula is C32H41NO7. The Morgan fingerprint density at radius 3 is 1.65 bits per heavy atom. The van der Waals surface area contributed by atoms with Crippen LogP contribution in [0.5, 0.6) is 0 Å². The van der Waals surface area contributed by atoms with Crippen LogP contribution in [0.15, 0.2) is 91.0 Å². The van der Waals surface area contributed by atoms with Crippen LogP contribution < -0.4 is 5.32 Å². The number of alkyl carbamates (subject to hydrolysis) is 1. The van der Waals surface area contributed by atoms with Crippen LogP contribution in [0.25, 0.3) is 0 Å². The van der Waals surface area contributed by atoms with E-state index in [0.717, 1.165) is 16.7 Å². The largest absolute Gasteiger partial charge is 0.444 e. The van der Waals surface area contributed by atoms with E-state index in [4.69, 9.17) is 18.9 Å². The highest BCUT2D eigenvalue weighted by atomic mass is 16.6. The van der Waals surface area contributed by atoms with Crippen LogP contribution in [0.4, 0.5) is 4.79 Å². The fraction of sp³-hybridized carbons (Fsp3) is 0.406. The molecule has 8 nitrogen and oxygen atoms in total. The van der Waals surface area contributed by atoms with Gasteiger partial charge in [-0.1, -0.05) is 91.0 Å². The van der Waals surface area contributed by atoms with Crippen molar-refractivity contribution in [3.8, 4) is 0 Å². The third-order valence-electron chi connectivity index (χ3n) is 5.97. The summed E-state index contributed by atoms with van der Waals surface area (Å²) in [6, 6.07) is 27.7. The Balaban J connectivity index is 1.83. The second-order valence-electron chi connectivity index (χ2n) is 10.5. The summed E-state index contributed by atoms with van der Waals surface area (Å²) in [5.74, 6) is 0. The van der Waals surface area contributed by atoms with Gasteiger partial charge in [-0.05, 0) is 37.5 Å². The van der Waals surface area contributed by atoms with Crippen molar-refractivity contribution < 1.29 is 34.0 Å². The maximum Gasteiger partial charge on any atom is 0.408 e. The van der Waals surface area contributed by atoms with Gasteiger partial charge in [0.25, 0.3) is 0 Å². The number of ether oxygens (including phenoxy) is 4. The molecule has 3 N–H and O–H groups in total. The molecule has 40 heavy (non-hydrogen) atoms. The number of rotatable bonds is 15. The molecule has 3 aromatic carbocycles. The molecule has 0 fully saturated rings. The molecule has 0 aliphatic heterocycles. The van der Waals surface area contributed by atoms with Gasteiger partial charge >= 0.3 is 6.09 Å². The summed E-state index contributed by atoms with van der Waals surface area (Å²) in [4.78, 5) is 12.7. The van der Waals surface area contributed by atoms with Gasteiger partial charge in [0.2, 0.25) is 0 Å². The highest BCUT2D eigenvalue weighted by Gasteiger charge is 2.38. The number of hydrogen-bond acceptors (Lipinski definition) is 7. The smallest absolute Gasteiger partial charge is 0.408 e. The third kappa shape index (κ3) is 11.1. The number of nitrogens with one attached hydrogen (secondary N) is 1. The average Bonchev–Trinajstić information content (AvgIpc) is 2.94. The van der Waals surface area contributed by atoms with Crippen LogP contribution in [-0.2, 0) is 38.8 Å². The molecule has 0 saturated heterocycles. The predicted octanol–water partition coefficient (Wildman–Crippen LogP) is 4.62. The van der Waals surface area contributed by atoms with E-state index in [-0.39, 0.29) is 19.8 Å². The molecule has 3 aromatic rings. The molecule has 0 bridgehead atoms. The van der Waals surface area contributed by atoms with Gasteiger partial charge in [-0.25, -0.2) is 4.79 Å². The Hall–Kier alpha value is -3.27. The van der Waals surface area contributed by atoms with Crippen LogP contribution in [-0.4, -0.2) is 59.5 Å². The van der Waals surface area contributed by atoms with E-state index in [1.807, 2.05) is 91.0 Å². The Morgan fingerprint density at radius 2 is 1.20 bits per heavy atom. The van der Waals surface area contributed by atoms with Crippen LogP contribution in [0.3, 0.4) is 0 Å². The van der Waals surface area contributed by atoms with Gasteiger partial charge in [0.1, 0.15) is 23.9 Å². The molecule has 216 valence electrons. The molecule has 4 atom stereocenters. The standard InChI is InChI=1S/C32H41NO7/c1-32(2,3)40-31(36)33-27(19-34)29(38-21-25-15-9-5-10-16-25)30(39-22-26-17-11-6-12-18-26)28(35)23-37-20-24-13-7-4-8-14-24/h4-18,27-30,34-35H,19-23H2,1-3H3,(H,33,36)/t27-,28+,29+,30-/m0/s1. The molecule has 0 radical (unpaired) electrons. The van der Waals surface area contributed by atoms with Crippen LogP contribution in [0, 0.1) is 0 Å². The van der Waals surface area contributed by atoms with Gasteiger partial charge in [0.15, 0.2) is 0 Å². The highest BCUT2D eigenvalue weighted by molar-refractivity contribution is 5.68. The first-order chi connectivity index (χ1) is 19.2. The molecule has 8 heteroatoms. The summed E-state index contributed by atoms with van der Waals surface area (Å²) < 4.78 is 23.8. The quantitative estimate of drug-likeness (QED) is 0.253. The Labute approximate surface area is 236 Å². The van der Waals surface area contributed by atoms with E-state index in [9.17, 15) is 15.0 Å². The zero-order chi connectivity index (χ0) is 28.8. The lowest BCUT2D eigenvalue weighted by atomic mass is 10.0. The number of aliphatic hydroxyl groups is 2. The van der Waals surface area contributed by atoms with Gasteiger partial charge in [0.05, 0.1) is 39.1 Å². The molecule has 0 saturated carbocycles. The summed E-state index contributed by atoms with van der Waals surface area (Å²) in [5, 5.41) is 24.4. The molecule has 0 aromatic heterocycles. The first kappa shape index (κ1) is 31.3. The first-order valence-electron chi connectivity index (χ1n) is 13.5. The van der Waals surface area contributed by atoms with Crippen molar-refractivity contribution in [1.82, 2.24) is 5.32 Å². The van der Waals surface area contributed by atoms with Gasteiger partial charge in [-0.2, -0.15) is 0 Å².